The Balaban J connectivity index is 2.83. The first-order valence-electron chi connectivity index (χ1n) is 4.10. The molecule has 1 aromatic rings. The van der Waals surface area contributed by atoms with Crippen molar-refractivity contribution in [2.45, 2.75) is 12.6 Å². The second kappa shape index (κ2) is 4.72. The van der Waals surface area contributed by atoms with Crippen LogP contribution in [0.3, 0.4) is 0 Å². The Morgan fingerprint density at radius 3 is 2.00 bits per heavy atom. The molecule has 1 atom stereocenters. The van der Waals surface area contributed by atoms with Gasteiger partial charge in [-0.3, -0.25) is 9.59 Å². The zero-order valence-electron chi connectivity index (χ0n) is 7.49. The molecule has 0 aliphatic rings. The molecule has 1 unspecified atom stereocenters. The summed E-state index contributed by atoms with van der Waals surface area (Å²) in [5.74, 6) is -2.94. The van der Waals surface area contributed by atoms with E-state index in [4.69, 9.17) is 0 Å². The molecule has 0 spiro atoms. The number of ketones is 2. The molecule has 0 amide bonds. The van der Waals surface area contributed by atoms with Crippen LogP contribution in [-0.2, 0) is 4.79 Å². The van der Waals surface area contributed by atoms with E-state index in [-0.39, 0.29) is 5.56 Å². The van der Waals surface area contributed by atoms with Gasteiger partial charge in [-0.25, -0.2) is 13.2 Å². The molecular formula is C10H7F3O2. The quantitative estimate of drug-likeness (QED) is 0.570. The summed E-state index contributed by atoms with van der Waals surface area (Å²) in [6, 6.07) is 7.02. The SMILES string of the molecule is O=C(C(=O)C(F)C(F)F)c1ccccc1. The monoisotopic (exact) mass is 216 g/mol. The molecular weight excluding hydrogens is 209 g/mol. The van der Waals surface area contributed by atoms with Gasteiger partial charge in [0.05, 0.1) is 0 Å². The van der Waals surface area contributed by atoms with Crippen molar-refractivity contribution in [3.8, 4) is 0 Å². The third-order valence-electron chi connectivity index (χ3n) is 1.73. The van der Waals surface area contributed by atoms with Gasteiger partial charge in [0.25, 0.3) is 6.43 Å². The Kier molecular flexibility index (Phi) is 3.60. The number of carbonyl (C=O) groups excluding carboxylic acids is 2. The first kappa shape index (κ1) is 11.4. The molecule has 0 aliphatic heterocycles. The summed E-state index contributed by atoms with van der Waals surface area (Å²) < 4.78 is 36.1. The van der Waals surface area contributed by atoms with Gasteiger partial charge in [0, 0.05) is 5.56 Å². The van der Waals surface area contributed by atoms with Crippen molar-refractivity contribution in [2.75, 3.05) is 0 Å². The summed E-state index contributed by atoms with van der Waals surface area (Å²) in [7, 11) is 0. The second-order valence-corrected chi connectivity index (χ2v) is 2.80. The summed E-state index contributed by atoms with van der Waals surface area (Å²) >= 11 is 0. The number of benzene rings is 1. The van der Waals surface area contributed by atoms with Crippen molar-refractivity contribution >= 4 is 11.6 Å². The number of hydrogen-bond acceptors (Lipinski definition) is 2. The second-order valence-electron chi connectivity index (χ2n) is 2.80. The Hall–Kier alpha value is -1.65. The average molecular weight is 216 g/mol. The van der Waals surface area contributed by atoms with Gasteiger partial charge in [0.15, 0.2) is 0 Å². The summed E-state index contributed by atoms with van der Waals surface area (Å²) in [5.41, 5.74) is -0.0919. The molecule has 0 aliphatic carbocycles. The Morgan fingerprint density at radius 2 is 1.53 bits per heavy atom. The maximum absolute atomic E-state index is 12.5. The molecule has 1 aromatic carbocycles. The van der Waals surface area contributed by atoms with Crippen LogP contribution >= 0.6 is 0 Å². The zero-order valence-corrected chi connectivity index (χ0v) is 7.49. The lowest BCUT2D eigenvalue weighted by atomic mass is 10.1. The number of alkyl halides is 3. The number of rotatable bonds is 4. The molecule has 0 N–H and O–H groups in total. The first-order valence-corrected chi connectivity index (χ1v) is 4.10. The fourth-order valence-electron chi connectivity index (χ4n) is 0.971. The molecule has 80 valence electrons. The minimum Gasteiger partial charge on any atom is -0.287 e. The van der Waals surface area contributed by atoms with E-state index in [0.29, 0.717) is 0 Å². The van der Waals surface area contributed by atoms with Gasteiger partial charge >= 0.3 is 0 Å². The van der Waals surface area contributed by atoms with Gasteiger partial charge in [-0.15, -0.1) is 0 Å². The molecule has 0 aromatic heterocycles. The summed E-state index contributed by atoms with van der Waals surface area (Å²) in [4.78, 5) is 22.0. The molecule has 15 heavy (non-hydrogen) atoms. The van der Waals surface area contributed by atoms with Crippen LogP contribution in [-0.4, -0.2) is 24.2 Å². The number of halogens is 3. The molecule has 1 rings (SSSR count). The van der Waals surface area contributed by atoms with Crippen LogP contribution in [0.2, 0.25) is 0 Å². The maximum atomic E-state index is 12.5. The van der Waals surface area contributed by atoms with E-state index in [1.54, 1.807) is 6.07 Å². The van der Waals surface area contributed by atoms with Gasteiger partial charge in [-0.05, 0) is 0 Å². The van der Waals surface area contributed by atoms with E-state index in [0.717, 1.165) is 0 Å². The molecule has 0 bridgehead atoms. The third-order valence-corrected chi connectivity index (χ3v) is 1.73. The van der Waals surface area contributed by atoms with Crippen LogP contribution in [0.1, 0.15) is 10.4 Å². The highest BCUT2D eigenvalue weighted by molar-refractivity contribution is 6.45. The Bertz CT molecular complexity index is 362. The largest absolute Gasteiger partial charge is 0.287 e. The molecule has 0 saturated carbocycles. The highest BCUT2D eigenvalue weighted by atomic mass is 19.3. The minimum atomic E-state index is -3.47. The van der Waals surface area contributed by atoms with E-state index in [2.05, 4.69) is 0 Å². The molecule has 0 radical (unpaired) electrons. The topological polar surface area (TPSA) is 34.1 Å². The smallest absolute Gasteiger partial charge is 0.276 e. The average Bonchev–Trinajstić information content (AvgIpc) is 2.27. The maximum Gasteiger partial charge on any atom is 0.276 e. The normalized spacial score (nSPS) is 12.5. The predicted octanol–water partition coefficient (Wildman–Crippen LogP) is 2.04. The lowest BCUT2D eigenvalue weighted by Crippen LogP contribution is -2.30. The van der Waals surface area contributed by atoms with Crippen LogP contribution in [0.15, 0.2) is 30.3 Å². The fraction of sp³-hybridized carbons (Fsp3) is 0.200. The van der Waals surface area contributed by atoms with Gasteiger partial charge < -0.3 is 0 Å². The molecule has 5 heteroatoms. The van der Waals surface area contributed by atoms with E-state index in [1.807, 2.05) is 0 Å². The van der Waals surface area contributed by atoms with E-state index < -0.39 is 24.2 Å². The van der Waals surface area contributed by atoms with Crippen molar-refractivity contribution in [3.63, 3.8) is 0 Å². The molecule has 2 nitrogen and oxygen atoms in total. The standard InChI is InChI=1S/C10H7F3O2/c11-7(10(12)13)9(15)8(14)6-4-2-1-3-5-6/h1-5,7,10H. The van der Waals surface area contributed by atoms with Crippen LogP contribution < -0.4 is 0 Å². The highest BCUT2D eigenvalue weighted by Gasteiger charge is 2.33. The summed E-state index contributed by atoms with van der Waals surface area (Å²) in [6.45, 7) is 0. The lowest BCUT2D eigenvalue weighted by molar-refractivity contribution is -0.124. The summed E-state index contributed by atoms with van der Waals surface area (Å²) in [6.07, 6.45) is -6.51. The van der Waals surface area contributed by atoms with Crippen molar-refractivity contribution in [1.82, 2.24) is 0 Å². The van der Waals surface area contributed by atoms with Crippen molar-refractivity contribution in [1.29, 1.82) is 0 Å². The predicted molar refractivity (Wildman–Crippen MR) is 46.7 cm³/mol. The Morgan fingerprint density at radius 1 is 1.00 bits per heavy atom. The summed E-state index contributed by atoms with van der Waals surface area (Å²) in [5, 5.41) is 0. The van der Waals surface area contributed by atoms with E-state index in [1.165, 1.54) is 24.3 Å². The van der Waals surface area contributed by atoms with E-state index in [9.17, 15) is 22.8 Å². The van der Waals surface area contributed by atoms with Crippen molar-refractivity contribution in [3.05, 3.63) is 35.9 Å². The van der Waals surface area contributed by atoms with Gasteiger partial charge in [0.2, 0.25) is 17.7 Å². The van der Waals surface area contributed by atoms with Crippen LogP contribution in [0, 0.1) is 0 Å². The molecule has 0 heterocycles. The zero-order chi connectivity index (χ0) is 11.4. The van der Waals surface area contributed by atoms with Gasteiger partial charge in [-0.1, -0.05) is 30.3 Å². The minimum absolute atomic E-state index is 0.0919. The van der Waals surface area contributed by atoms with Crippen LogP contribution in [0.25, 0.3) is 0 Å². The number of hydrogen-bond donors (Lipinski definition) is 0. The lowest BCUT2D eigenvalue weighted by Gasteiger charge is -2.04. The van der Waals surface area contributed by atoms with Crippen LogP contribution in [0.4, 0.5) is 13.2 Å². The Labute approximate surface area is 83.7 Å². The first-order chi connectivity index (χ1) is 7.04. The third kappa shape index (κ3) is 2.65. The van der Waals surface area contributed by atoms with E-state index >= 15 is 0 Å². The number of carbonyl (C=O) groups is 2. The van der Waals surface area contributed by atoms with Crippen molar-refractivity contribution in [2.24, 2.45) is 0 Å². The fourth-order valence-corrected chi connectivity index (χ4v) is 0.971. The highest BCUT2D eigenvalue weighted by Crippen LogP contribution is 2.10. The molecule has 0 fully saturated rings. The number of Topliss-reactive ketones (excluding diaryl/α,β-unsaturated/α-hetero) is 2. The molecule has 0 saturated heterocycles. The van der Waals surface area contributed by atoms with Crippen LogP contribution in [0.5, 0.6) is 0 Å². The van der Waals surface area contributed by atoms with Crippen molar-refractivity contribution < 1.29 is 22.8 Å². The van der Waals surface area contributed by atoms with Gasteiger partial charge in [-0.2, -0.15) is 0 Å². The van der Waals surface area contributed by atoms with Gasteiger partial charge in [0.1, 0.15) is 0 Å².